The average Bonchev–Trinajstić information content (AvgIpc) is 3.06. The number of nitrogens with two attached hydrogens (primary N) is 1. The summed E-state index contributed by atoms with van der Waals surface area (Å²) < 4.78 is 24.0. The van der Waals surface area contributed by atoms with E-state index in [1.54, 1.807) is 14.2 Å². The number of carbonyl (C=O) groups excluding carboxylic acids is 1. The number of amides is 1. The summed E-state index contributed by atoms with van der Waals surface area (Å²) in [7, 11) is 3.30. The number of rotatable bonds is 4. The number of likely N-dealkylation sites (tertiary alicyclic amines) is 1. The predicted octanol–water partition coefficient (Wildman–Crippen LogP) is 1.52. The summed E-state index contributed by atoms with van der Waals surface area (Å²) in [6.07, 6.45) is 2.01. The Kier molecular flexibility index (Phi) is 4.99. The maximum Gasteiger partial charge on any atom is 0.223 e. The third kappa shape index (κ3) is 3.17. The third-order valence-electron chi connectivity index (χ3n) is 6.38. The Hall–Kier alpha value is -1.86. The molecule has 3 heterocycles. The van der Waals surface area contributed by atoms with Crippen molar-refractivity contribution in [2.45, 2.75) is 37.4 Å². The van der Waals surface area contributed by atoms with Gasteiger partial charge in [-0.05, 0) is 36.1 Å². The minimum absolute atomic E-state index is 0.0352. The first-order chi connectivity index (χ1) is 13.0. The molecule has 0 radical (unpaired) electrons. The summed E-state index contributed by atoms with van der Waals surface area (Å²) in [5.41, 5.74) is 9.04. The summed E-state index contributed by atoms with van der Waals surface area (Å²) >= 11 is 0. The van der Waals surface area contributed by atoms with E-state index in [1.165, 1.54) is 11.1 Å². The fourth-order valence-electron chi connectivity index (χ4n) is 4.93. The maximum absolute atomic E-state index is 13.0. The van der Waals surface area contributed by atoms with Crippen LogP contribution in [0, 0.1) is 5.92 Å². The molecule has 3 aliphatic heterocycles. The molecule has 3 aliphatic rings. The monoisotopic (exact) mass is 377 g/mol. The Morgan fingerprint density at radius 3 is 2.63 bits per heavy atom. The van der Waals surface area contributed by atoms with Crippen molar-refractivity contribution in [1.29, 1.82) is 0 Å². The molecule has 0 unspecified atom stereocenters. The molecule has 0 spiro atoms. The second-order valence-corrected chi connectivity index (χ2v) is 7.90. The zero-order valence-corrected chi connectivity index (χ0v) is 16.0. The van der Waals surface area contributed by atoms with Crippen LogP contribution in [0.25, 0.3) is 0 Å². The van der Waals surface area contributed by atoms with Crippen molar-refractivity contribution in [1.82, 2.24) is 9.80 Å². The number of carbonyl (C=O) groups is 1. The molecule has 0 aliphatic carbocycles. The molecule has 0 aromatic heterocycles. The molecule has 1 amide bonds. The van der Waals surface area contributed by atoms with Crippen LogP contribution in [-0.4, -0.2) is 68.3 Å². The van der Waals surface area contributed by atoms with Crippen molar-refractivity contribution in [3.8, 4) is 11.5 Å². The van der Waals surface area contributed by atoms with Crippen LogP contribution in [0.15, 0.2) is 12.1 Å². The summed E-state index contributed by atoms with van der Waals surface area (Å²) in [5.74, 6) is 1.35. The van der Waals surface area contributed by atoms with E-state index < -0.39 is 6.67 Å². The number of halogens is 1. The van der Waals surface area contributed by atoms with Gasteiger partial charge in [-0.1, -0.05) is 0 Å². The maximum atomic E-state index is 13.0. The van der Waals surface area contributed by atoms with Gasteiger partial charge in [0.2, 0.25) is 5.91 Å². The van der Waals surface area contributed by atoms with Crippen LogP contribution in [0.2, 0.25) is 0 Å². The van der Waals surface area contributed by atoms with E-state index in [2.05, 4.69) is 17.0 Å². The van der Waals surface area contributed by atoms with Gasteiger partial charge < -0.3 is 20.1 Å². The second kappa shape index (κ2) is 7.28. The molecule has 0 bridgehead atoms. The Morgan fingerprint density at radius 2 is 1.96 bits per heavy atom. The lowest BCUT2D eigenvalue weighted by molar-refractivity contribution is -0.131. The quantitative estimate of drug-likeness (QED) is 0.862. The molecular formula is C20H28FN3O3. The number of alkyl halides is 1. The average molecular weight is 377 g/mol. The van der Waals surface area contributed by atoms with Crippen LogP contribution in [0.3, 0.4) is 0 Å². The van der Waals surface area contributed by atoms with E-state index in [-0.39, 0.29) is 30.0 Å². The molecule has 7 heteroatoms. The van der Waals surface area contributed by atoms with Crippen LogP contribution in [-0.2, 0) is 11.2 Å². The normalized spacial score (nSPS) is 30.8. The first kappa shape index (κ1) is 18.5. The smallest absolute Gasteiger partial charge is 0.223 e. The zero-order valence-electron chi connectivity index (χ0n) is 16.0. The Morgan fingerprint density at radius 1 is 1.22 bits per heavy atom. The lowest BCUT2D eigenvalue weighted by Crippen LogP contribution is -2.60. The third-order valence-corrected chi connectivity index (χ3v) is 6.38. The highest BCUT2D eigenvalue weighted by molar-refractivity contribution is 5.79. The minimum Gasteiger partial charge on any atom is -0.493 e. The lowest BCUT2D eigenvalue weighted by atomic mass is 9.83. The number of hydrogen-bond donors (Lipinski definition) is 1. The second-order valence-electron chi connectivity index (χ2n) is 7.90. The number of nitrogens with zero attached hydrogens (tertiary/aromatic N) is 2. The number of methoxy groups -OCH3 is 2. The number of piperidine rings is 1. The van der Waals surface area contributed by atoms with E-state index in [1.807, 2.05) is 4.90 Å². The molecule has 148 valence electrons. The Bertz CT molecular complexity index is 729. The van der Waals surface area contributed by atoms with Crippen LogP contribution < -0.4 is 15.2 Å². The van der Waals surface area contributed by atoms with Gasteiger partial charge in [0.1, 0.15) is 0 Å². The number of ether oxygens (including phenoxy) is 2. The number of hydrogen-bond acceptors (Lipinski definition) is 5. The zero-order chi connectivity index (χ0) is 19.1. The van der Waals surface area contributed by atoms with Gasteiger partial charge in [-0.3, -0.25) is 14.1 Å². The van der Waals surface area contributed by atoms with Crippen molar-refractivity contribution in [3.63, 3.8) is 0 Å². The summed E-state index contributed by atoms with van der Waals surface area (Å²) in [4.78, 5) is 16.6. The van der Waals surface area contributed by atoms with Gasteiger partial charge in [0.25, 0.3) is 0 Å². The standard InChI is InChI=1S/C20H28FN3O3/c1-26-18-6-13-3-4-23-11-17(24-10-12(9-21)5-20(24)25)15(22)8-16(23)14(13)7-19(18)27-2/h6-7,12,15-17H,3-5,8-11,22H2,1-2H3/t12-,15+,16-,17-/m0/s1. The molecule has 2 saturated heterocycles. The van der Waals surface area contributed by atoms with Gasteiger partial charge >= 0.3 is 0 Å². The molecule has 1 aromatic carbocycles. The molecule has 27 heavy (non-hydrogen) atoms. The van der Waals surface area contributed by atoms with Crippen LogP contribution >= 0.6 is 0 Å². The molecule has 2 fully saturated rings. The fraction of sp³-hybridized carbons (Fsp3) is 0.650. The van der Waals surface area contributed by atoms with Crippen molar-refractivity contribution in [2.75, 3.05) is 40.5 Å². The van der Waals surface area contributed by atoms with E-state index in [0.717, 1.165) is 37.4 Å². The summed E-state index contributed by atoms with van der Waals surface area (Å²) in [6, 6.07) is 4.20. The van der Waals surface area contributed by atoms with E-state index >= 15 is 0 Å². The molecular weight excluding hydrogens is 349 g/mol. The first-order valence-electron chi connectivity index (χ1n) is 9.65. The van der Waals surface area contributed by atoms with E-state index in [4.69, 9.17) is 15.2 Å². The molecule has 2 N–H and O–H groups in total. The van der Waals surface area contributed by atoms with Crippen molar-refractivity contribution in [2.24, 2.45) is 11.7 Å². The van der Waals surface area contributed by atoms with Crippen molar-refractivity contribution < 1.29 is 18.7 Å². The predicted molar refractivity (Wildman–Crippen MR) is 99.7 cm³/mol. The highest BCUT2D eigenvalue weighted by atomic mass is 19.1. The van der Waals surface area contributed by atoms with Gasteiger partial charge in [0.15, 0.2) is 11.5 Å². The first-order valence-corrected chi connectivity index (χ1v) is 9.65. The van der Waals surface area contributed by atoms with Crippen LogP contribution in [0.4, 0.5) is 4.39 Å². The Labute approximate surface area is 159 Å². The van der Waals surface area contributed by atoms with Gasteiger partial charge in [-0.2, -0.15) is 0 Å². The molecule has 6 nitrogen and oxygen atoms in total. The SMILES string of the molecule is COc1cc2c(cc1OC)[C@@H]1C[C@@H](N)[C@@H](N3C[C@H](CF)CC3=O)CN1CC2. The van der Waals surface area contributed by atoms with Crippen LogP contribution in [0.1, 0.15) is 30.0 Å². The van der Waals surface area contributed by atoms with Crippen LogP contribution in [0.5, 0.6) is 11.5 Å². The molecule has 4 atom stereocenters. The molecule has 1 aromatic rings. The highest BCUT2D eigenvalue weighted by Crippen LogP contribution is 2.42. The van der Waals surface area contributed by atoms with Crippen molar-refractivity contribution in [3.05, 3.63) is 23.3 Å². The topological polar surface area (TPSA) is 68.0 Å². The fourth-order valence-corrected chi connectivity index (χ4v) is 4.93. The summed E-state index contributed by atoms with van der Waals surface area (Å²) in [6.45, 7) is 1.72. The number of benzene rings is 1. The Balaban J connectivity index is 1.57. The van der Waals surface area contributed by atoms with Crippen molar-refractivity contribution >= 4 is 5.91 Å². The van der Waals surface area contributed by atoms with Gasteiger partial charge in [0.05, 0.1) is 26.9 Å². The largest absolute Gasteiger partial charge is 0.493 e. The van der Waals surface area contributed by atoms with E-state index in [0.29, 0.717) is 13.0 Å². The minimum atomic E-state index is -0.439. The van der Waals surface area contributed by atoms with Gasteiger partial charge in [-0.25, -0.2) is 0 Å². The molecule has 0 saturated carbocycles. The highest BCUT2D eigenvalue weighted by Gasteiger charge is 2.44. The summed E-state index contributed by atoms with van der Waals surface area (Å²) in [5, 5.41) is 0. The van der Waals surface area contributed by atoms with E-state index in [9.17, 15) is 9.18 Å². The lowest BCUT2D eigenvalue weighted by Gasteiger charge is -2.48. The number of fused-ring (bicyclic) bond motifs is 3. The van der Waals surface area contributed by atoms with Gasteiger partial charge in [-0.15, -0.1) is 0 Å². The molecule has 4 rings (SSSR count). The van der Waals surface area contributed by atoms with Gasteiger partial charge in [0, 0.05) is 44.1 Å².